The normalized spacial score (nSPS) is 15.1. The topological polar surface area (TPSA) is 104 Å². The zero-order valence-corrected chi connectivity index (χ0v) is 9.31. The molecule has 0 bridgehead atoms. The van der Waals surface area contributed by atoms with Crippen LogP contribution in [0.5, 0.6) is 0 Å². The van der Waals surface area contributed by atoms with Crippen molar-refractivity contribution < 1.29 is 19.9 Å². The lowest BCUT2D eigenvalue weighted by atomic mass is 9.79. The SMILES string of the molecule is CC(C)[C@](N)(CCCCB(O)O)C(=O)O. The molecule has 0 aliphatic carbocycles. The van der Waals surface area contributed by atoms with Gasteiger partial charge < -0.3 is 20.9 Å². The first-order chi connectivity index (χ1) is 6.80. The van der Waals surface area contributed by atoms with E-state index in [0.717, 1.165) is 0 Å². The minimum Gasteiger partial charge on any atom is -0.480 e. The van der Waals surface area contributed by atoms with Gasteiger partial charge in [0.05, 0.1) is 0 Å². The lowest BCUT2D eigenvalue weighted by Crippen LogP contribution is -2.52. The summed E-state index contributed by atoms with van der Waals surface area (Å²) in [4.78, 5) is 11.0. The van der Waals surface area contributed by atoms with Crippen molar-refractivity contribution in [2.24, 2.45) is 11.7 Å². The molecule has 0 heterocycles. The zero-order valence-electron chi connectivity index (χ0n) is 9.31. The molecular weight excluding hydrogens is 197 g/mol. The number of hydrogen-bond acceptors (Lipinski definition) is 4. The molecule has 15 heavy (non-hydrogen) atoms. The minimum atomic E-state index is -1.32. The van der Waals surface area contributed by atoms with Crippen LogP contribution in [0.3, 0.4) is 0 Å². The van der Waals surface area contributed by atoms with E-state index >= 15 is 0 Å². The van der Waals surface area contributed by atoms with Crippen LogP contribution in [0.15, 0.2) is 0 Å². The van der Waals surface area contributed by atoms with Crippen LogP contribution < -0.4 is 5.73 Å². The summed E-state index contributed by atoms with van der Waals surface area (Å²) in [7, 11) is -1.32. The molecule has 0 radical (unpaired) electrons. The molecule has 0 rings (SSSR count). The van der Waals surface area contributed by atoms with Gasteiger partial charge >= 0.3 is 13.1 Å². The van der Waals surface area contributed by atoms with E-state index in [2.05, 4.69) is 0 Å². The van der Waals surface area contributed by atoms with Crippen molar-refractivity contribution in [2.45, 2.75) is 45.0 Å². The minimum absolute atomic E-state index is 0.144. The van der Waals surface area contributed by atoms with Crippen LogP contribution in [-0.2, 0) is 4.79 Å². The first kappa shape index (κ1) is 14.4. The molecule has 88 valence electrons. The number of carbonyl (C=O) groups is 1. The largest absolute Gasteiger partial charge is 0.480 e. The number of unbranched alkanes of at least 4 members (excludes halogenated alkanes) is 1. The van der Waals surface area contributed by atoms with Crippen molar-refractivity contribution in [3.05, 3.63) is 0 Å². The van der Waals surface area contributed by atoms with E-state index in [1.54, 1.807) is 13.8 Å². The highest BCUT2D eigenvalue weighted by molar-refractivity contribution is 6.40. The van der Waals surface area contributed by atoms with E-state index in [1.807, 2.05) is 0 Å². The molecule has 0 aromatic carbocycles. The second kappa shape index (κ2) is 6.10. The highest BCUT2D eigenvalue weighted by Crippen LogP contribution is 2.21. The maximum absolute atomic E-state index is 11.0. The Bertz CT molecular complexity index is 210. The Labute approximate surface area is 90.4 Å². The number of nitrogens with two attached hydrogens (primary N) is 1. The van der Waals surface area contributed by atoms with Crippen molar-refractivity contribution in [3.8, 4) is 0 Å². The summed E-state index contributed by atoms with van der Waals surface area (Å²) < 4.78 is 0. The van der Waals surface area contributed by atoms with Gasteiger partial charge in [-0.25, -0.2) is 0 Å². The van der Waals surface area contributed by atoms with Gasteiger partial charge in [-0.15, -0.1) is 0 Å². The fourth-order valence-electron chi connectivity index (χ4n) is 1.39. The number of carboxylic acid groups (broad SMARTS) is 1. The van der Waals surface area contributed by atoms with Gasteiger partial charge in [-0.1, -0.05) is 26.7 Å². The molecule has 0 aliphatic heterocycles. The summed E-state index contributed by atoms with van der Waals surface area (Å²) in [6.45, 7) is 3.55. The van der Waals surface area contributed by atoms with Crippen molar-refractivity contribution in [1.82, 2.24) is 0 Å². The summed E-state index contributed by atoms with van der Waals surface area (Å²) in [5, 5.41) is 26.2. The molecule has 5 nitrogen and oxygen atoms in total. The Morgan fingerprint density at radius 1 is 1.40 bits per heavy atom. The van der Waals surface area contributed by atoms with Crippen LogP contribution in [-0.4, -0.2) is 33.8 Å². The van der Waals surface area contributed by atoms with Crippen molar-refractivity contribution in [1.29, 1.82) is 0 Å². The van der Waals surface area contributed by atoms with Crippen LogP contribution in [0.2, 0.25) is 6.32 Å². The van der Waals surface area contributed by atoms with Crippen LogP contribution in [0.4, 0.5) is 0 Å². The zero-order chi connectivity index (χ0) is 12.1. The molecule has 0 aromatic rings. The van der Waals surface area contributed by atoms with Gasteiger partial charge in [0.25, 0.3) is 0 Å². The summed E-state index contributed by atoms with van der Waals surface area (Å²) in [5.41, 5.74) is 4.57. The summed E-state index contributed by atoms with van der Waals surface area (Å²) in [5.74, 6) is -1.14. The third-order valence-corrected chi connectivity index (χ3v) is 2.73. The maximum Gasteiger partial charge on any atom is 0.451 e. The monoisotopic (exact) mass is 217 g/mol. The molecule has 0 spiro atoms. The Morgan fingerprint density at radius 3 is 2.27 bits per heavy atom. The second-order valence-electron chi connectivity index (χ2n) is 4.23. The van der Waals surface area contributed by atoms with Gasteiger partial charge in [0.1, 0.15) is 5.54 Å². The van der Waals surface area contributed by atoms with Gasteiger partial charge in [0.2, 0.25) is 0 Å². The fraction of sp³-hybridized carbons (Fsp3) is 0.889. The van der Waals surface area contributed by atoms with E-state index in [1.165, 1.54) is 0 Å². The predicted octanol–water partition coefficient (Wildman–Crippen LogP) is 0.0676. The van der Waals surface area contributed by atoms with Gasteiger partial charge in [0.15, 0.2) is 0 Å². The van der Waals surface area contributed by atoms with Crippen LogP contribution in [0.1, 0.15) is 33.1 Å². The van der Waals surface area contributed by atoms with Crippen molar-refractivity contribution in [2.75, 3.05) is 0 Å². The first-order valence-electron chi connectivity index (χ1n) is 5.19. The van der Waals surface area contributed by atoms with Crippen molar-refractivity contribution in [3.63, 3.8) is 0 Å². The van der Waals surface area contributed by atoms with Gasteiger partial charge in [-0.05, 0) is 18.7 Å². The third kappa shape index (κ3) is 4.64. The Morgan fingerprint density at radius 2 is 1.93 bits per heavy atom. The maximum atomic E-state index is 11.0. The van der Waals surface area contributed by atoms with Gasteiger partial charge in [-0.2, -0.15) is 0 Å². The van der Waals surface area contributed by atoms with Gasteiger partial charge in [0, 0.05) is 0 Å². The molecule has 0 aliphatic rings. The van der Waals surface area contributed by atoms with E-state index in [4.69, 9.17) is 20.9 Å². The molecule has 0 saturated heterocycles. The van der Waals surface area contributed by atoms with E-state index in [9.17, 15) is 4.79 Å². The van der Waals surface area contributed by atoms with E-state index < -0.39 is 18.6 Å². The third-order valence-electron chi connectivity index (χ3n) is 2.73. The highest BCUT2D eigenvalue weighted by atomic mass is 16.4. The molecule has 6 heteroatoms. The van der Waals surface area contributed by atoms with Gasteiger partial charge in [-0.3, -0.25) is 4.79 Å². The van der Waals surface area contributed by atoms with E-state index in [0.29, 0.717) is 19.3 Å². The lowest BCUT2D eigenvalue weighted by molar-refractivity contribution is -0.145. The quantitative estimate of drug-likeness (QED) is 0.356. The average molecular weight is 217 g/mol. The first-order valence-corrected chi connectivity index (χ1v) is 5.19. The van der Waals surface area contributed by atoms with Crippen LogP contribution in [0.25, 0.3) is 0 Å². The molecule has 0 saturated carbocycles. The second-order valence-corrected chi connectivity index (χ2v) is 4.23. The summed E-state index contributed by atoms with van der Waals surface area (Å²) in [6, 6.07) is 0. The molecular formula is C9H20BNO4. The van der Waals surface area contributed by atoms with Crippen LogP contribution in [0, 0.1) is 5.92 Å². The van der Waals surface area contributed by atoms with E-state index in [-0.39, 0.29) is 12.2 Å². The molecule has 0 amide bonds. The molecule has 0 aromatic heterocycles. The Hall–Kier alpha value is -0.585. The molecule has 0 unspecified atom stereocenters. The molecule has 5 N–H and O–H groups in total. The smallest absolute Gasteiger partial charge is 0.451 e. The number of hydrogen-bond donors (Lipinski definition) is 4. The number of rotatable bonds is 7. The van der Waals surface area contributed by atoms with Crippen LogP contribution >= 0.6 is 0 Å². The standard InChI is InChI=1S/C9H20BNO4/c1-7(2)9(11,8(12)13)5-3-4-6-10(14)15/h7,14-15H,3-6,11H2,1-2H3,(H,12,13)/t9-/m1/s1. The predicted molar refractivity (Wildman–Crippen MR) is 58.2 cm³/mol. The summed E-state index contributed by atoms with van der Waals surface area (Å²) >= 11 is 0. The number of aliphatic carboxylic acids is 1. The highest BCUT2D eigenvalue weighted by Gasteiger charge is 2.36. The van der Waals surface area contributed by atoms with Crippen molar-refractivity contribution >= 4 is 13.1 Å². The Kier molecular flexibility index (Phi) is 5.86. The lowest BCUT2D eigenvalue weighted by Gasteiger charge is -2.28. The average Bonchev–Trinajstić information content (AvgIpc) is 2.10. The fourth-order valence-corrected chi connectivity index (χ4v) is 1.39. The molecule has 1 atom stereocenters. The molecule has 0 fully saturated rings. The Balaban J connectivity index is 4.04. The number of carboxylic acids is 1. The summed E-state index contributed by atoms with van der Waals surface area (Å²) in [6.07, 6.45) is 1.76.